The summed E-state index contributed by atoms with van der Waals surface area (Å²) in [5.74, 6) is -0.892. The van der Waals surface area contributed by atoms with E-state index < -0.39 is 36.3 Å². The van der Waals surface area contributed by atoms with Gasteiger partial charge < -0.3 is 25.4 Å². The Labute approximate surface area is 206 Å². The van der Waals surface area contributed by atoms with Gasteiger partial charge in [-0.05, 0) is 70.2 Å². The highest BCUT2D eigenvalue weighted by Crippen LogP contribution is 2.37. The summed E-state index contributed by atoms with van der Waals surface area (Å²) in [7, 11) is 0. The zero-order valence-electron chi connectivity index (χ0n) is 21.0. The molecule has 2 unspecified atom stereocenters. The number of nitrogens with zero attached hydrogens (tertiary/aromatic N) is 1. The highest BCUT2D eigenvalue weighted by atomic mass is 16.6. The predicted molar refractivity (Wildman–Crippen MR) is 134 cm³/mol. The molecule has 188 valence electrons. The van der Waals surface area contributed by atoms with E-state index in [1.54, 1.807) is 20.8 Å². The second-order valence-corrected chi connectivity index (χ2v) is 9.92. The minimum Gasteiger partial charge on any atom is -0.444 e. The number of aliphatic hydroxyl groups is 1. The maximum absolute atomic E-state index is 13.7. The molecule has 0 saturated heterocycles. The molecule has 3 rings (SSSR count). The second-order valence-electron chi connectivity index (χ2n) is 9.92. The molecule has 2 aromatic rings. The van der Waals surface area contributed by atoms with E-state index in [2.05, 4.69) is 10.6 Å². The molecule has 2 aromatic carbocycles. The number of ether oxygens (including phenoxy) is 1. The Bertz CT molecular complexity index is 1070. The number of carbonyl (C=O) groups is 3. The number of aryl methyl sites for hydroxylation is 2. The monoisotopic (exact) mass is 481 g/mol. The summed E-state index contributed by atoms with van der Waals surface area (Å²) in [6, 6.07) is 12.5. The van der Waals surface area contributed by atoms with Crippen LogP contribution in [-0.2, 0) is 14.3 Å². The van der Waals surface area contributed by atoms with Crippen LogP contribution in [0.4, 0.5) is 10.5 Å². The fraction of sp³-hybridized carbons (Fsp3) is 0.444. The van der Waals surface area contributed by atoms with Crippen LogP contribution in [0.5, 0.6) is 0 Å². The van der Waals surface area contributed by atoms with Crippen molar-refractivity contribution in [3.63, 3.8) is 0 Å². The Kier molecular flexibility index (Phi) is 8.17. The molecule has 3 N–H and O–H groups in total. The van der Waals surface area contributed by atoms with E-state index in [4.69, 9.17) is 4.74 Å². The van der Waals surface area contributed by atoms with Crippen LogP contribution >= 0.6 is 0 Å². The minimum absolute atomic E-state index is 0.177. The van der Waals surface area contributed by atoms with Crippen LogP contribution in [0, 0.1) is 13.8 Å². The first-order chi connectivity index (χ1) is 16.5. The van der Waals surface area contributed by atoms with Crippen LogP contribution in [0.2, 0.25) is 0 Å². The van der Waals surface area contributed by atoms with Crippen molar-refractivity contribution in [1.29, 1.82) is 0 Å². The average Bonchev–Trinajstić information content (AvgIpc) is 3.61. The fourth-order valence-corrected chi connectivity index (χ4v) is 3.91. The summed E-state index contributed by atoms with van der Waals surface area (Å²) in [5, 5.41) is 15.4. The van der Waals surface area contributed by atoms with Gasteiger partial charge >= 0.3 is 6.09 Å². The number of anilines is 1. The summed E-state index contributed by atoms with van der Waals surface area (Å²) in [4.78, 5) is 41.3. The number of carbonyl (C=O) groups excluding carboxylic acids is 3. The Morgan fingerprint density at radius 1 is 1.03 bits per heavy atom. The van der Waals surface area contributed by atoms with E-state index in [-0.39, 0.29) is 11.9 Å². The van der Waals surface area contributed by atoms with Gasteiger partial charge in [0.25, 0.3) is 5.91 Å². The summed E-state index contributed by atoms with van der Waals surface area (Å²) in [5.41, 5.74) is 2.34. The second kappa shape index (κ2) is 10.9. The van der Waals surface area contributed by atoms with Crippen LogP contribution in [0.3, 0.4) is 0 Å². The number of aliphatic hydroxyl groups excluding tert-OH is 1. The highest BCUT2D eigenvalue weighted by molar-refractivity contribution is 5.99. The van der Waals surface area contributed by atoms with Crippen molar-refractivity contribution < 1.29 is 24.2 Å². The van der Waals surface area contributed by atoms with Crippen LogP contribution < -0.4 is 10.6 Å². The average molecular weight is 482 g/mol. The number of para-hydroxylation sites is 1. The van der Waals surface area contributed by atoms with Gasteiger partial charge in [-0.15, -0.1) is 0 Å². The van der Waals surface area contributed by atoms with E-state index >= 15 is 0 Å². The van der Waals surface area contributed by atoms with E-state index in [1.165, 1.54) is 4.90 Å². The number of hydrogen-bond acceptors (Lipinski definition) is 5. The Hall–Kier alpha value is -3.39. The molecule has 0 aliphatic heterocycles. The predicted octanol–water partition coefficient (Wildman–Crippen LogP) is 3.86. The van der Waals surface area contributed by atoms with E-state index in [1.807, 2.05) is 62.4 Å². The summed E-state index contributed by atoms with van der Waals surface area (Å²) in [6.07, 6.45) is 0.657. The minimum atomic E-state index is -1.25. The molecule has 3 amide bonds. The Balaban J connectivity index is 1.96. The summed E-state index contributed by atoms with van der Waals surface area (Å²) in [6.45, 7) is 8.30. The molecule has 1 saturated carbocycles. The van der Waals surface area contributed by atoms with Gasteiger partial charge in [0.05, 0.1) is 6.61 Å². The largest absolute Gasteiger partial charge is 0.444 e. The quantitative estimate of drug-likeness (QED) is 0.531. The molecule has 0 heterocycles. The van der Waals surface area contributed by atoms with Crippen molar-refractivity contribution in [1.82, 2.24) is 10.2 Å². The standard InChI is InChI=1S/C27H35N3O5/c1-17-10-6-8-12-20(17)23(24(32)28-21-13-9-7-11-18(21)2)30(19-14-15-19)25(33)22(16-31)29-26(34)35-27(3,4)5/h6-13,19,22-23,31H,14-16H2,1-5H3,(H,28,32)(H,29,34). The van der Waals surface area contributed by atoms with E-state index in [0.29, 0.717) is 11.3 Å². The third-order valence-corrected chi connectivity index (χ3v) is 5.78. The lowest BCUT2D eigenvalue weighted by Crippen LogP contribution is -2.54. The molecule has 0 aromatic heterocycles. The van der Waals surface area contributed by atoms with Crippen molar-refractivity contribution >= 4 is 23.6 Å². The Morgan fingerprint density at radius 2 is 1.63 bits per heavy atom. The number of hydrogen-bond donors (Lipinski definition) is 3. The normalized spacial score (nSPS) is 15.0. The van der Waals surface area contributed by atoms with Crippen molar-refractivity contribution in [2.45, 2.75) is 71.2 Å². The fourth-order valence-electron chi connectivity index (χ4n) is 3.91. The first-order valence-corrected chi connectivity index (χ1v) is 11.9. The smallest absolute Gasteiger partial charge is 0.408 e. The number of benzene rings is 2. The molecule has 8 heteroatoms. The van der Waals surface area contributed by atoms with Gasteiger partial charge in [-0.3, -0.25) is 9.59 Å². The van der Waals surface area contributed by atoms with E-state index in [0.717, 1.165) is 24.0 Å². The van der Waals surface area contributed by atoms with Gasteiger partial charge in [0, 0.05) is 11.7 Å². The topological polar surface area (TPSA) is 108 Å². The van der Waals surface area contributed by atoms with Gasteiger partial charge in [-0.1, -0.05) is 42.5 Å². The first kappa shape index (κ1) is 26.2. The molecule has 1 aliphatic carbocycles. The van der Waals surface area contributed by atoms with Gasteiger partial charge in [0.2, 0.25) is 5.91 Å². The van der Waals surface area contributed by atoms with E-state index in [9.17, 15) is 19.5 Å². The molecule has 1 fully saturated rings. The SMILES string of the molecule is Cc1ccccc1NC(=O)C(c1ccccc1C)N(C(=O)C(CO)NC(=O)OC(C)(C)C)C1CC1. The maximum atomic E-state index is 13.7. The molecular weight excluding hydrogens is 446 g/mol. The number of amides is 3. The summed E-state index contributed by atoms with van der Waals surface area (Å²) >= 11 is 0. The molecular formula is C27H35N3O5. The first-order valence-electron chi connectivity index (χ1n) is 11.9. The van der Waals surface area contributed by atoms with Crippen molar-refractivity contribution in [2.75, 3.05) is 11.9 Å². The molecule has 2 atom stereocenters. The zero-order chi connectivity index (χ0) is 25.8. The van der Waals surface area contributed by atoms with Gasteiger partial charge in [0.1, 0.15) is 17.7 Å². The van der Waals surface area contributed by atoms with Crippen molar-refractivity contribution in [2.24, 2.45) is 0 Å². The lowest BCUT2D eigenvalue weighted by molar-refractivity contribution is -0.142. The maximum Gasteiger partial charge on any atom is 0.408 e. The lowest BCUT2D eigenvalue weighted by Gasteiger charge is -2.35. The molecule has 0 bridgehead atoms. The van der Waals surface area contributed by atoms with Gasteiger partial charge in [0.15, 0.2) is 0 Å². The Morgan fingerprint density at radius 3 is 2.17 bits per heavy atom. The molecule has 1 aliphatic rings. The third kappa shape index (κ3) is 6.82. The van der Waals surface area contributed by atoms with Crippen LogP contribution in [0.15, 0.2) is 48.5 Å². The molecule has 8 nitrogen and oxygen atoms in total. The van der Waals surface area contributed by atoms with Gasteiger partial charge in [-0.25, -0.2) is 4.79 Å². The number of rotatable bonds is 8. The third-order valence-electron chi connectivity index (χ3n) is 5.78. The summed E-state index contributed by atoms with van der Waals surface area (Å²) < 4.78 is 5.27. The van der Waals surface area contributed by atoms with Crippen LogP contribution in [-0.4, -0.2) is 52.2 Å². The van der Waals surface area contributed by atoms with Crippen LogP contribution in [0.25, 0.3) is 0 Å². The van der Waals surface area contributed by atoms with Crippen molar-refractivity contribution in [3.05, 3.63) is 65.2 Å². The molecule has 0 radical (unpaired) electrons. The molecule has 0 spiro atoms. The molecule has 35 heavy (non-hydrogen) atoms. The van der Waals surface area contributed by atoms with Gasteiger partial charge in [-0.2, -0.15) is 0 Å². The van der Waals surface area contributed by atoms with Crippen LogP contribution in [0.1, 0.15) is 56.3 Å². The number of alkyl carbamates (subject to hydrolysis) is 1. The highest BCUT2D eigenvalue weighted by Gasteiger charge is 2.44. The lowest BCUT2D eigenvalue weighted by atomic mass is 9.97. The zero-order valence-corrected chi connectivity index (χ0v) is 21.0. The van der Waals surface area contributed by atoms with Crippen molar-refractivity contribution in [3.8, 4) is 0 Å². The number of nitrogens with one attached hydrogen (secondary N) is 2.